The van der Waals surface area contributed by atoms with E-state index in [-0.39, 0.29) is 0 Å². The molecule has 128 valence electrons. The number of hydrogen-bond acceptors (Lipinski definition) is 2. The summed E-state index contributed by atoms with van der Waals surface area (Å²) >= 11 is 0. The Morgan fingerprint density at radius 3 is 2.64 bits per heavy atom. The van der Waals surface area contributed by atoms with E-state index >= 15 is 0 Å². The van der Waals surface area contributed by atoms with Gasteiger partial charge < -0.3 is 15.7 Å². The van der Waals surface area contributed by atoms with Gasteiger partial charge in [-0.05, 0) is 54.7 Å². The molecular formula is C21H24N4. The Kier molecular flexibility index (Phi) is 3.48. The maximum Gasteiger partial charge on any atom is 0.131 e. The second-order valence-electron chi connectivity index (χ2n) is 7.38. The molecular weight excluding hydrogens is 308 g/mol. The number of H-pyrrole nitrogens is 2. The van der Waals surface area contributed by atoms with Gasteiger partial charge in [-0.2, -0.15) is 0 Å². The van der Waals surface area contributed by atoms with Crippen LogP contribution in [0.3, 0.4) is 0 Å². The topological polar surface area (TPSA) is 70.5 Å². The SMILES string of the molecule is Cc1cc(C(C)C)c(C(C)(N)c2nc3ccccc3[nH]2)c2cc[nH]c12. The predicted molar refractivity (Wildman–Crippen MR) is 104 cm³/mol. The largest absolute Gasteiger partial charge is 0.361 e. The number of rotatable bonds is 3. The summed E-state index contributed by atoms with van der Waals surface area (Å²) in [5.74, 6) is 1.17. The van der Waals surface area contributed by atoms with Crippen molar-refractivity contribution in [3.05, 3.63) is 65.1 Å². The maximum absolute atomic E-state index is 6.93. The van der Waals surface area contributed by atoms with Crippen molar-refractivity contribution in [2.24, 2.45) is 5.73 Å². The number of imidazole rings is 1. The fourth-order valence-electron chi connectivity index (χ4n) is 3.79. The minimum atomic E-state index is -0.716. The van der Waals surface area contributed by atoms with Crippen LogP contribution in [0.2, 0.25) is 0 Å². The van der Waals surface area contributed by atoms with Crippen molar-refractivity contribution < 1.29 is 0 Å². The lowest BCUT2D eigenvalue weighted by atomic mass is 9.81. The van der Waals surface area contributed by atoms with E-state index in [4.69, 9.17) is 10.7 Å². The van der Waals surface area contributed by atoms with Gasteiger partial charge in [0, 0.05) is 17.1 Å². The van der Waals surface area contributed by atoms with E-state index in [1.807, 2.05) is 37.4 Å². The van der Waals surface area contributed by atoms with E-state index in [1.165, 1.54) is 16.5 Å². The highest BCUT2D eigenvalue weighted by atomic mass is 15.0. The van der Waals surface area contributed by atoms with Crippen molar-refractivity contribution >= 4 is 21.9 Å². The van der Waals surface area contributed by atoms with Gasteiger partial charge in [0.15, 0.2) is 0 Å². The summed E-state index contributed by atoms with van der Waals surface area (Å²) in [7, 11) is 0. The van der Waals surface area contributed by atoms with E-state index in [9.17, 15) is 0 Å². The van der Waals surface area contributed by atoms with Gasteiger partial charge in [0.25, 0.3) is 0 Å². The molecule has 0 saturated heterocycles. The number of fused-ring (bicyclic) bond motifs is 2. The molecule has 2 aromatic heterocycles. The van der Waals surface area contributed by atoms with Gasteiger partial charge in [-0.15, -0.1) is 0 Å². The molecule has 0 spiro atoms. The number of nitrogens with one attached hydrogen (secondary N) is 2. The van der Waals surface area contributed by atoms with Crippen LogP contribution in [-0.2, 0) is 5.54 Å². The molecule has 4 aromatic rings. The number of para-hydroxylation sites is 2. The second kappa shape index (κ2) is 5.46. The van der Waals surface area contributed by atoms with Crippen LogP contribution >= 0.6 is 0 Å². The molecule has 0 amide bonds. The number of hydrogen-bond donors (Lipinski definition) is 3. The van der Waals surface area contributed by atoms with Crippen molar-refractivity contribution in [3.8, 4) is 0 Å². The minimum absolute atomic E-state index is 0.375. The fraction of sp³-hybridized carbons (Fsp3) is 0.286. The first kappa shape index (κ1) is 15.9. The van der Waals surface area contributed by atoms with Gasteiger partial charge in [-0.1, -0.05) is 32.0 Å². The summed E-state index contributed by atoms with van der Waals surface area (Å²) in [6.45, 7) is 8.62. The number of nitrogens with two attached hydrogens (primary N) is 1. The highest BCUT2D eigenvalue weighted by Gasteiger charge is 2.33. The lowest BCUT2D eigenvalue weighted by molar-refractivity contribution is 0.561. The first-order valence-electron chi connectivity index (χ1n) is 8.74. The van der Waals surface area contributed by atoms with Crippen molar-refractivity contribution in [2.45, 2.75) is 39.2 Å². The average Bonchev–Trinajstić information content (AvgIpc) is 3.21. The standard InChI is InChI=1S/C21H24N4/c1-12(2)15-11-13(3)19-14(9-10-23-19)18(15)21(4,22)20-24-16-7-5-6-8-17(16)25-20/h5-12,23H,22H2,1-4H3,(H,24,25). The zero-order chi connectivity index (χ0) is 17.8. The summed E-state index contributed by atoms with van der Waals surface area (Å²) in [5, 5.41) is 1.18. The van der Waals surface area contributed by atoms with Crippen molar-refractivity contribution in [1.29, 1.82) is 0 Å². The van der Waals surface area contributed by atoms with E-state index in [0.717, 1.165) is 27.9 Å². The van der Waals surface area contributed by atoms with E-state index < -0.39 is 5.54 Å². The third kappa shape index (κ3) is 2.36. The van der Waals surface area contributed by atoms with Crippen LogP contribution < -0.4 is 5.73 Å². The summed E-state index contributed by atoms with van der Waals surface area (Å²) in [5.41, 5.74) is 13.0. The van der Waals surface area contributed by atoms with Gasteiger partial charge in [-0.3, -0.25) is 0 Å². The molecule has 2 heterocycles. The molecule has 2 aromatic carbocycles. The first-order valence-corrected chi connectivity index (χ1v) is 8.74. The summed E-state index contributed by atoms with van der Waals surface area (Å²) in [6, 6.07) is 12.4. The Hall–Kier alpha value is -2.59. The highest BCUT2D eigenvalue weighted by Crippen LogP contribution is 2.38. The van der Waals surface area contributed by atoms with Gasteiger partial charge in [-0.25, -0.2) is 4.98 Å². The van der Waals surface area contributed by atoms with Gasteiger partial charge in [0.2, 0.25) is 0 Å². The Morgan fingerprint density at radius 1 is 1.16 bits per heavy atom. The molecule has 0 saturated carbocycles. The van der Waals surface area contributed by atoms with Crippen LogP contribution in [0, 0.1) is 6.92 Å². The molecule has 0 bridgehead atoms. The molecule has 1 unspecified atom stereocenters. The molecule has 1 atom stereocenters. The summed E-state index contributed by atoms with van der Waals surface area (Å²) in [4.78, 5) is 11.6. The molecule has 4 rings (SSSR count). The van der Waals surface area contributed by atoms with Crippen LogP contribution in [-0.4, -0.2) is 15.0 Å². The van der Waals surface area contributed by atoms with E-state index in [0.29, 0.717) is 5.92 Å². The van der Waals surface area contributed by atoms with Gasteiger partial charge in [0.1, 0.15) is 5.82 Å². The summed E-state index contributed by atoms with van der Waals surface area (Å²) < 4.78 is 0. The third-order valence-electron chi connectivity index (χ3n) is 5.09. The third-order valence-corrected chi connectivity index (χ3v) is 5.09. The Balaban J connectivity index is 2.02. The number of aryl methyl sites for hydroxylation is 1. The molecule has 25 heavy (non-hydrogen) atoms. The van der Waals surface area contributed by atoms with Crippen molar-refractivity contribution in [1.82, 2.24) is 15.0 Å². The van der Waals surface area contributed by atoms with Gasteiger partial charge in [0.05, 0.1) is 16.6 Å². The van der Waals surface area contributed by atoms with Gasteiger partial charge >= 0.3 is 0 Å². The Bertz CT molecular complexity index is 1030. The van der Waals surface area contributed by atoms with Crippen LogP contribution in [0.4, 0.5) is 0 Å². The molecule has 0 aliphatic carbocycles. The summed E-state index contributed by atoms with van der Waals surface area (Å²) in [6.07, 6.45) is 1.99. The first-order chi connectivity index (χ1) is 11.9. The molecule has 4 heteroatoms. The van der Waals surface area contributed by atoms with Crippen LogP contribution in [0.1, 0.15) is 49.2 Å². The second-order valence-corrected chi connectivity index (χ2v) is 7.38. The van der Waals surface area contributed by atoms with Crippen molar-refractivity contribution in [2.75, 3.05) is 0 Å². The molecule has 0 radical (unpaired) electrons. The van der Waals surface area contributed by atoms with E-state index in [1.54, 1.807) is 0 Å². The predicted octanol–water partition coefficient (Wildman–Crippen LogP) is 4.70. The quantitative estimate of drug-likeness (QED) is 0.509. The normalized spacial score (nSPS) is 14.5. The average molecular weight is 332 g/mol. The number of nitrogens with zero attached hydrogens (tertiary/aromatic N) is 1. The van der Waals surface area contributed by atoms with E-state index in [2.05, 4.69) is 42.9 Å². The molecule has 4 nitrogen and oxygen atoms in total. The minimum Gasteiger partial charge on any atom is -0.361 e. The van der Waals surface area contributed by atoms with Crippen LogP contribution in [0.15, 0.2) is 42.6 Å². The smallest absolute Gasteiger partial charge is 0.131 e. The number of aromatic amines is 2. The maximum atomic E-state index is 6.93. The highest BCUT2D eigenvalue weighted by molar-refractivity contribution is 5.89. The zero-order valence-corrected chi connectivity index (χ0v) is 15.1. The number of aromatic nitrogens is 3. The van der Waals surface area contributed by atoms with Crippen molar-refractivity contribution in [3.63, 3.8) is 0 Å². The van der Waals surface area contributed by atoms with Crippen LogP contribution in [0.5, 0.6) is 0 Å². The monoisotopic (exact) mass is 332 g/mol. The zero-order valence-electron chi connectivity index (χ0n) is 15.1. The fourth-order valence-corrected chi connectivity index (χ4v) is 3.79. The van der Waals surface area contributed by atoms with Crippen LogP contribution in [0.25, 0.3) is 21.9 Å². The Morgan fingerprint density at radius 2 is 1.92 bits per heavy atom. The lowest BCUT2D eigenvalue weighted by Gasteiger charge is -2.29. The molecule has 0 aliphatic heterocycles. The lowest BCUT2D eigenvalue weighted by Crippen LogP contribution is -2.37. The molecule has 0 fully saturated rings. The molecule has 4 N–H and O–H groups in total. The number of benzene rings is 2. The molecule has 0 aliphatic rings. The Labute approximate surface area is 147 Å².